The van der Waals surface area contributed by atoms with Crippen LogP contribution in [-0.4, -0.2) is 31.3 Å². The molecule has 1 unspecified atom stereocenters. The van der Waals surface area contributed by atoms with E-state index in [-0.39, 0.29) is 16.5 Å². The average Bonchev–Trinajstić information content (AvgIpc) is 3.18. The smallest absolute Gasteiger partial charge is 0.407 e. The number of nitrogens with zero attached hydrogens (tertiary/aromatic N) is 2. The zero-order valence-corrected chi connectivity index (χ0v) is 17.8. The van der Waals surface area contributed by atoms with Crippen LogP contribution >= 0.6 is 11.3 Å². The lowest BCUT2D eigenvalue weighted by atomic mass is 9.89. The van der Waals surface area contributed by atoms with Crippen LogP contribution in [0.3, 0.4) is 0 Å². The second kappa shape index (κ2) is 7.28. The molecule has 1 aliphatic heterocycles. The number of hydrogen-bond acceptors (Lipinski definition) is 5. The Labute approximate surface area is 175 Å². The van der Waals surface area contributed by atoms with Gasteiger partial charge in [0.25, 0.3) is 15.9 Å². The molecule has 30 heavy (non-hydrogen) atoms. The predicted octanol–water partition coefficient (Wildman–Crippen LogP) is 4.63. The largest absolute Gasteiger partial charge is 0.480 e. The van der Waals surface area contributed by atoms with E-state index in [2.05, 4.69) is 4.85 Å². The Morgan fingerprint density at radius 3 is 2.50 bits per heavy atom. The van der Waals surface area contributed by atoms with E-state index in [9.17, 15) is 26.4 Å². The van der Waals surface area contributed by atoms with Crippen LogP contribution in [-0.2, 0) is 21.0 Å². The topological polar surface area (TPSA) is 68.0 Å². The molecule has 0 radical (unpaired) electrons. The van der Waals surface area contributed by atoms with Gasteiger partial charge in [-0.25, -0.2) is 17.6 Å². The molecule has 1 aliphatic rings. The highest BCUT2D eigenvalue weighted by Gasteiger charge is 2.53. The zero-order chi connectivity index (χ0) is 22.5. The number of rotatable bonds is 4. The summed E-state index contributed by atoms with van der Waals surface area (Å²) in [6.45, 7) is 11.5. The van der Waals surface area contributed by atoms with Gasteiger partial charge < -0.3 is 4.74 Å². The number of halogens is 3. The molecule has 1 saturated heterocycles. The van der Waals surface area contributed by atoms with Crippen molar-refractivity contribution in [2.24, 2.45) is 5.41 Å². The standard InChI is InChI=1S/C19H17F3N2O4S2/c1-11-7-8-29-17(11)30(26,27)24-10-18(2,3)15(16(24)25)28-12-5-6-14(23-4)13(9-12)19(20,21)22/h5-9,15H,10H2,1-3H3. The molecule has 11 heteroatoms. The van der Waals surface area contributed by atoms with Crippen LogP contribution in [0.5, 0.6) is 5.75 Å². The fourth-order valence-corrected chi connectivity index (χ4v) is 6.26. The molecule has 1 aromatic heterocycles. The zero-order valence-electron chi connectivity index (χ0n) is 16.1. The maximum atomic E-state index is 13.2. The van der Waals surface area contributed by atoms with Crippen molar-refractivity contribution in [3.05, 3.63) is 52.2 Å². The summed E-state index contributed by atoms with van der Waals surface area (Å²) in [5.41, 5.74) is -2.27. The minimum Gasteiger partial charge on any atom is -0.480 e. The third-order valence-electron chi connectivity index (χ3n) is 4.72. The van der Waals surface area contributed by atoms with Crippen molar-refractivity contribution in [2.75, 3.05) is 6.54 Å². The van der Waals surface area contributed by atoms with Gasteiger partial charge in [0.2, 0.25) is 0 Å². The van der Waals surface area contributed by atoms with Crippen LogP contribution in [0, 0.1) is 18.9 Å². The first-order valence-electron chi connectivity index (χ1n) is 8.65. The number of aryl methyl sites for hydroxylation is 1. The molecule has 6 nitrogen and oxygen atoms in total. The Kier molecular flexibility index (Phi) is 5.37. The number of carbonyl (C=O) groups is 1. The number of benzene rings is 1. The third kappa shape index (κ3) is 3.77. The molecule has 1 fully saturated rings. The summed E-state index contributed by atoms with van der Waals surface area (Å²) in [5, 5.41) is 1.60. The lowest BCUT2D eigenvalue weighted by Gasteiger charge is -2.24. The van der Waals surface area contributed by atoms with Gasteiger partial charge in [-0.05, 0) is 36.1 Å². The quantitative estimate of drug-likeness (QED) is 0.627. The Balaban J connectivity index is 1.96. The predicted molar refractivity (Wildman–Crippen MR) is 104 cm³/mol. The Morgan fingerprint density at radius 1 is 1.30 bits per heavy atom. The first-order chi connectivity index (χ1) is 13.8. The van der Waals surface area contributed by atoms with Gasteiger partial charge in [-0.1, -0.05) is 19.9 Å². The first kappa shape index (κ1) is 22.1. The van der Waals surface area contributed by atoms with Gasteiger partial charge in [-0.2, -0.15) is 13.2 Å². The molecule has 3 rings (SSSR count). The van der Waals surface area contributed by atoms with Crippen molar-refractivity contribution < 1.29 is 31.1 Å². The van der Waals surface area contributed by atoms with Crippen molar-refractivity contribution >= 4 is 33.0 Å². The van der Waals surface area contributed by atoms with Crippen molar-refractivity contribution in [1.82, 2.24) is 4.31 Å². The van der Waals surface area contributed by atoms with Gasteiger partial charge in [-0.15, -0.1) is 11.3 Å². The molecule has 0 aliphatic carbocycles. The summed E-state index contributed by atoms with van der Waals surface area (Å²) < 4.78 is 71.9. The average molecular weight is 458 g/mol. The molecule has 1 aromatic carbocycles. The van der Waals surface area contributed by atoms with Gasteiger partial charge in [0.15, 0.2) is 11.8 Å². The number of amides is 1. The lowest BCUT2D eigenvalue weighted by Crippen LogP contribution is -2.38. The summed E-state index contributed by atoms with van der Waals surface area (Å²) in [6.07, 6.45) is -6.09. The summed E-state index contributed by atoms with van der Waals surface area (Å²) in [5.74, 6) is -1.12. The van der Waals surface area contributed by atoms with E-state index < -0.39 is 44.9 Å². The molecule has 0 spiro atoms. The molecule has 2 heterocycles. The van der Waals surface area contributed by atoms with Crippen LogP contribution in [0.4, 0.5) is 18.9 Å². The van der Waals surface area contributed by atoms with Crippen LogP contribution in [0.25, 0.3) is 4.85 Å². The summed E-state index contributed by atoms with van der Waals surface area (Å²) in [6, 6.07) is 4.39. The second-order valence-electron chi connectivity index (χ2n) is 7.52. The summed E-state index contributed by atoms with van der Waals surface area (Å²) in [4.78, 5) is 15.8. The first-order valence-corrected chi connectivity index (χ1v) is 11.0. The Bertz CT molecular complexity index is 1150. The molecule has 160 valence electrons. The van der Waals surface area contributed by atoms with Gasteiger partial charge >= 0.3 is 6.18 Å². The molecule has 2 aromatic rings. The van der Waals surface area contributed by atoms with E-state index in [1.807, 2.05) is 0 Å². The van der Waals surface area contributed by atoms with E-state index in [4.69, 9.17) is 11.3 Å². The Hall–Kier alpha value is -2.58. The summed E-state index contributed by atoms with van der Waals surface area (Å²) >= 11 is 0.984. The Morgan fingerprint density at radius 2 is 1.97 bits per heavy atom. The van der Waals surface area contributed by atoms with Crippen molar-refractivity contribution in [3.8, 4) is 5.75 Å². The highest BCUT2D eigenvalue weighted by atomic mass is 32.2. The fraction of sp³-hybridized carbons (Fsp3) is 0.368. The highest BCUT2D eigenvalue weighted by Crippen LogP contribution is 2.41. The minimum absolute atomic E-state index is 0.0352. The van der Waals surface area contributed by atoms with Gasteiger partial charge in [0, 0.05) is 12.0 Å². The van der Waals surface area contributed by atoms with Crippen LogP contribution in [0.15, 0.2) is 33.9 Å². The van der Waals surface area contributed by atoms with E-state index in [1.165, 1.54) is 0 Å². The second-order valence-corrected chi connectivity index (χ2v) is 10.5. The van der Waals surface area contributed by atoms with Crippen molar-refractivity contribution in [3.63, 3.8) is 0 Å². The molecule has 1 amide bonds. The van der Waals surface area contributed by atoms with E-state index in [0.29, 0.717) is 15.9 Å². The molecule has 1 atom stereocenters. The molecular formula is C19H17F3N2O4S2. The molecular weight excluding hydrogens is 441 g/mol. The fourth-order valence-electron chi connectivity index (χ4n) is 3.18. The van der Waals surface area contributed by atoms with E-state index >= 15 is 0 Å². The molecule has 0 bridgehead atoms. The molecule has 0 saturated carbocycles. The SMILES string of the molecule is [C-]#[N+]c1ccc(OC2C(=O)N(S(=O)(=O)c3sccc3C)CC2(C)C)cc1C(F)(F)F. The van der Waals surface area contributed by atoms with Gasteiger partial charge in [0.1, 0.15) is 9.96 Å². The molecule has 0 N–H and O–H groups in total. The van der Waals surface area contributed by atoms with Gasteiger partial charge in [-0.3, -0.25) is 4.79 Å². The van der Waals surface area contributed by atoms with Gasteiger partial charge in [0.05, 0.1) is 12.1 Å². The normalized spacial score (nSPS) is 19.0. The minimum atomic E-state index is -4.78. The van der Waals surface area contributed by atoms with Crippen molar-refractivity contribution in [1.29, 1.82) is 0 Å². The number of hydrogen-bond donors (Lipinski definition) is 0. The van der Waals surface area contributed by atoms with E-state index in [0.717, 1.165) is 23.5 Å². The number of alkyl halides is 3. The van der Waals surface area contributed by atoms with Crippen LogP contribution in [0.1, 0.15) is 25.0 Å². The van der Waals surface area contributed by atoms with Crippen LogP contribution < -0.4 is 4.74 Å². The van der Waals surface area contributed by atoms with E-state index in [1.54, 1.807) is 32.2 Å². The monoisotopic (exact) mass is 458 g/mol. The van der Waals surface area contributed by atoms with Crippen LogP contribution in [0.2, 0.25) is 0 Å². The maximum absolute atomic E-state index is 13.2. The maximum Gasteiger partial charge on any atom is 0.407 e. The third-order valence-corrected chi connectivity index (χ3v) is 8.13. The number of carbonyl (C=O) groups excluding carboxylic acids is 1. The highest BCUT2D eigenvalue weighted by molar-refractivity contribution is 7.91. The van der Waals surface area contributed by atoms with Crippen molar-refractivity contribution in [2.45, 2.75) is 37.3 Å². The number of sulfonamides is 1. The summed E-state index contributed by atoms with van der Waals surface area (Å²) in [7, 11) is -4.11. The number of ether oxygens (including phenoxy) is 1. The number of thiophene rings is 1. The lowest BCUT2D eigenvalue weighted by molar-refractivity contribution is -0.137.